The van der Waals surface area contributed by atoms with Gasteiger partial charge in [-0.2, -0.15) is 0 Å². The van der Waals surface area contributed by atoms with Crippen LogP contribution >= 0.6 is 0 Å². The molecule has 0 amide bonds. The summed E-state index contributed by atoms with van der Waals surface area (Å²) in [5.41, 5.74) is 2.08. The fraction of sp³-hybridized carbons (Fsp3) is 0.318. The van der Waals surface area contributed by atoms with Crippen LogP contribution in [0.5, 0.6) is 17.2 Å². The van der Waals surface area contributed by atoms with Crippen molar-refractivity contribution in [1.29, 1.82) is 0 Å². The van der Waals surface area contributed by atoms with Crippen LogP contribution in [-0.2, 0) is 16.4 Å². The Labute approximate surface area is 174 Å². The Morgan fingerprint density at radius 3 is 2.87 bits per heavy atom. The van der Waals surface area contributed by atoms with Gasteiger partial charge in [-0.05, 0) is 42.3 Å². The van der Waals surface area contributed by atoms with E-state index < -0.39 is 9.84 Å². The molecule has 156 valence electrons. The second kappa shape index (κ2) is 7.14. The van der Waals surface area contributed by atoms with E-state index in [2.05, 4.69) is 0 Å². The van der Waals surface area contributed by atoms with Crippen LogP contribution in [0.4, 0.5) is 0 Å². The topological polar surface area (TPSA) is 82.1 Å². The molecule has 3 heterocycles. The van der Waals surface area contributed by atoms with E-state index in [9.17, 15) is 13.2 Å². The van der Waals surface area contributed by atoms with Gasteiger partial charge in [0, 0.05) is 12.6 Å². The van der Waals surface area contributed by atoms with Crippen molar-refractivity contribution in [1.82, 2.24) is 4.90 Å². The molecule has 0 spiro atoms. The normalized spacial score (nSPS) is 23.6. The average Bonchev–Trinajstić information content (AvgIpc) is 3.27. The Morgan fingerprint density at radius 2 is 2.10 bits per heavy atom. The summed E-state index contributed by atoms with van der Waals surface area (Å²) in [6.45, 7) is 0.810. The predicted molar refractivity (Wildman–Crippen MR) is 110 cm³/mol. The van der Waals surface area contributed by atoms with Gasteiger partial charge >= 0.3 is 0 Å². The van der Waals surface area contributed by atoms with Gasteiger partial charge in [0.05, 0.1) is 29.7 Å². The molecule has 30 heavy (non-hydrogen) atoms. The summed E-state index contributed by atoms with van der Waals surface area (Å²) in [6, 6.07) is 10.8. The van der Waals surface area contributed by atoms with E-state index >= 15 is 0 Å². The zero-order valence-electron chi connectivity index (χ0n) is 16.5. The second-order valence-electron chi connectivity index (χ2n) is 7.71. The minimum atomic E-state index is -2.99. The van der Waals surface area contributed by atoms with Gasteiger partial charge in [-0.3, -0.25) is 9.69 Å². The number of ketones is 1. The molecule has 8 heteroatoms. The molecular weight excluding hydrogens is 406 g/mol. The standard InChI is InChI=1S/C22H21NO6S/c1-27-16-4-2-3-14(9-16)10-20-21(24)17-5-6-19-18(22(17)29-20)11-23(13-28-19)15-7-8-30(25,26)12-15/h2-6,9-10,15H,7-8,11-13H2,1H3/b20-10-. The van der Waals surface area contributed by atoms with E-state index in [4.69, 9.17) is 14.2 Å². The molecule has 0 N–H and O–H groups in total. The van der Waals surface area contributed by atoms with Crippen LogP contribution in [0.3, 0.4) is 0 Å². The zero-order valence-corrected chi connectivity index (χ0v) is 17.3. The Hall–Kier alpha value is -2.84. The summed E-state index contributed by atoms with van der Waals surface area (Å²) in [4.78, 5) is 14.9. The van der Waals surface area contributed by atoms with E-state index in [1.807, 2.05) is 29.2 Å². The first-order valence-corrected chi connectivity index (χ1v) is 11.6. The smallest absolute Gasteiger partial charge is 0.231 e. The molecule has 1 fully saturated rings. The van der Waals surface area contributed by atoms with Gasteiger partial charge in [-0.1, -0.05) is 12.1 Å². The van der Waals surface area contributed by atoms with Crippen LogP contribution in [0.2, 0.25) is 0 Å². The van der Waals surface area contributed by atoms with Gasteiger partial charge in [0.2, 0.25) is 5.78 Å². The third kappa shape index (κ3) is 3.36. The number of carbonyl (C=O) groups is 1. The molecule has 0 radical (unpaired) electrons. The highest BCUT2D eigenvalue weighted by Crippen LogP contribution is 2.42. The number of rotatable bonds is 3. The van der Waals surface area contributed by atoms with Crippen molar-refractivity contribution < 1.29 is 27.4 Å². The molecule has 0 aromatic heterocycles. The number of ether oxygens (including phenoxy) is 3. The number of hydrogen-bond acceptors (Lipinski definition) is 7. The van der Waals surface area contributed by atoms with Crippen molar-refractivity contribution in [3.63, 3.8) is 0 Å². The van der Waals surface area contributed by atoms with Crippen molar-refractivity contribution >= 4 is 21.7 Å². The third-order valence-electron chi connectivity index (χ3n) is 5.76. The zero-order chi connectivity index (χ0) is 20.9. The number of Topliss-reactive ketones (excluding diaryl/α,β-unsaturated/α-hetero) is 1. The van der Waals surface area contributed by atoms with E-state index in [1.165, 1.54) is 0 Å². The summed E-state index contributed by atoms with van der Waals surface area (Å²) in [5, 5.41) is 0. The van der Waals surface area contributed by atoms with Crippen LogP contribution in [0.25, 0.3) is 6.08 Å². The fourth-order valence-corrected chi connectivity index (χ4v) is 5.92. The number of allylic oxidation sites excluding steroid dienone is 1. The number of carbonyl (C=O) groups excluding carboxylic acids is 1. The summed E-state index contributed by atoms with van der Waals surface area (Å²) in [5.74, 6) is 2.26. The number of fused-ring (bicyclic) bond motifs is 3. The molecule has 2 aromatic rings. The molecular formula is C22H21NO6S. The number of nitrogens with zero attached hydrogens (tertiary/aromatic N) is 1. The quantitative estimate of drug-likeness (QED) is 0.697. The lowest BCUT2D eigenvalue weighted by Crippen LogP contribution is -2.41. The molecule has 2 aromatic carbocycles. The van der Waals surface area contributed by atoms with Gasteiger partial charge in [0.25, 0.3) is 0 Å². The Morgan fingerprint density at radius 1 is 1.23 bits per heavy atom. The van der Waals surface area contributed by atoms with Gasteiger partial charge in [0.1, 0.15) is 24.0 Å². The van der Waals surface area contributed by atoms with Crippen molar-refractivity contribution in [2.45, 2.75) is 19.0 Å². The molecule has 3 aliphatic rings. The molecule has 0 saturated carbocycles. The van der Waals surface area contributed by atoms with Gasteiger partial charge in [-0.15, -0.1) is 0 Å². The number of sulfone groups is 1. The first-order chi connectivity index (χ1) is 14.4. The first kappa shape index (κ1) is 19.1. The van der Waals surface area contributed by atoms with Gasteiger partial charge < -0.3 is 14.2 Å². The van der Waals surface area contributed by atoms with Crippen LogP contribution in [0.15, 0.2) is 42.2 Å². The largest absolute Gasteiger partial charge is 0.497 e. The maximum absolute atomic E-state index is 12.9. The molecule has 0 aliphatic carbocycles. The number of hydrogen-bond donors (Lipinski definition) is 0. The van der Waals surface area contributed by atoms with Crippen molar-refractivity contribution in [3.8, 4) is 17.2 Å². The second-order valence-corrected chi connectivity index (χ2v) is 9.94. The predicted octanol–water partition coefficient (Wildman–Crippen LogP) is 2.65. The number of methoxy groups -OCH3 is 1. The SMILES string of the molecule is COc1cccc(/C=C2\Oc3c(ccc4c3CN(C3CCS(=O)(=O)C3)CO4)C2=O)c1. The molecule has 1 unspecified atom stereocenters. The van der Waals surface area contributed by atoms with Crippen molar-refractivity contribution in [2.75, 3.05) is 25.3 Å². The fourth-order valence-electron chi connectivity index (χ4n) is 4.16. The molecule has 0 bridgehead atoms. The first-order valence-electron chi connectivity index (χ1n) is 9.75. The lowest BCUT2D eigenvalue weighted by Gasteiger charge is -2.33. The monoisotopic (exact) mass is 427 g/mol. The van der Waals surface area contributed by atoms with Crippen molar-refractivity contribution in [3.05, 3.63) is 58.8 Å². The van der Waals surface area contributed by atoms with Crippen LogP contribution < -0.4 is 14.2 Å². The molecule has 1 atom stereocenters. The lowest BCUT2D eigenvalue weighted by atomic mass is 10.0. The van der Waals surface area contributed by atoms with E-state index in [0.717, 1.165) is 11.1 Å². The molecule has 5 rings (SSSR count). The highest BCUT2D eigenvalue weighted by atomic mass is 32.2. The number of benzene rings is 2. The molecule has 3 aliphatic heterocycles. The minimum absolute atomic E-state index is 0.0806. The Kier molecular flexibility index (Phi) is 4.56. The molecule has 1 saturated heterocycles. The van der Waals surface area contributed by atoms with Crippen LogP contribution in [0, 0.1) is 0 Å². The van der Waals surface area contributed by atoms with Gasteiger partial charge in [0.15, 0.2) is 15.6 Å². The lowest BCUT2D eigenvalue weighted by molar-refractivity contribution is 0.0634. The maximum atomic E-state index is 12.9. The van der Waals surface area contributed by atoms with E-state index in [-0.39, 0.29) is 29.1 Å². The Balaban J connectivity index is 1.44. The van der Waals surface area contributed by atoms with Crippen LogP contribution in [-0.4, -0.2) is 50.5 Å². The van der Waals surface area contributed by atoms with Gasteiger partial charge in [-0.25, -0.2) is 8.42 Å². The maximum Gasteiger partial charge on any atom is 0.231 e. The summed E-state index contributed by atoms with van der Waals surface area (Å²) >= 11 is 0. The van der Waals surface area contributed by atoms with Crippen molar-refractivity contribution in [2.24, 2.45) is 0 Å². The highest BCUT2D eigenvalue weighted by Gasteiger charge is 2.38. The highest BCUT2D eigenvalue weighted by molar-refractivity contribution is 7.91. The average molecular weight is 427 g/mol. The Bertz CT molecular complexity index is 1170. The summed E-state index contributed by atoms with van der Waals surface area (Å²) in [7, 11) is -1.40. The third-order valence-corrected chi connectivity index (χ3v) is 7.51. The molecule has 7 nitrogen and oxygen atoms in total. The van der Waals surface area contributed by atoms with Crippen LogP contribution in [0.1, 0.15) is 27.9 Å². The minimum Gasteiger partial charge on any atom is -0.497 e. The summed E-state index contributed by atoms with van der Waals surface area (Å²) in [6.07, 6.45) is 2.29. The van der Waals surface area contributed by atoms with E-state index in [0.29, 0.717) is 42.5 Å². The summed E-state index contributed by atoms with van der Waals surface area (Å²) < 4.78 is 40.8. The van der Waals surface area contributed by atoms with E-state index in [1.54, 1.807) is 25.3 Å².